The number of ether oxygens (including phenoxy) is 1. The fraction of sp³-hybridized carbons (Fsp3) is 0.400. The first kappa shape index (κ1) is 21.2. The van der Waals surface area contributed by atoms with Crippen LogP contribution in [0, 0.1) is 5.92 Å². The first-order valence-electron chi connectivity index (χ1n) is 11.1. The Kier molecular flexibility index (Phi) is 6.77. The number of benzene rings is 2. The predicted octanol–water partition coefficient (Wildman–Crippen LogP) is 4.27. The zero-order valence-electron chi connectivity index (χ0n) is 18.3. The summed E-state index contributed by atoms with van der Waals surface area (Å²) in [7, 11) is 1.45. The van der Waals surface area contributed by atoms with Crippen LogP contribution in [-0.2, 0) is 22.5 Å². The van der Waals surface area contributed by atoms with Gasteiger partial charge < -0.3 is 4.74 Å². The van der Waals surface area contributed by atoms with Crippen molar-refractivity contribution in [2.24, 2.45) is 5.92 Å². The van der Waals surface area contributed by atoms with Crippen molar-refractivity contribution < 1.29 is 9.53 Å². The molecule has 3 aromatic rings. The summed E-state index contributed by atoms with van der Waals surface area (Å²) in [6.07, 6.45) is 6.87. The topological polar surface area (TPSA) is 60.2 Å². The van der Waals surface area contributed by atoms with Crippen LogP contribution in [0.25, 0.3) is 16.9 Å². The van der Waals surface area contributed by atoms with Crippen LogP contribution in [0.4, 0.5) is 0 Å². The van der Waals surface area contributed by atoms with Gasteiger partial charge in [0.25, 0.3) is 0 Å². The molecule has 0 bridgehead atoms. The van der Waals surface area contributed by atoms with E-state index in [2.05, 4.69) is 70.7 Å². The number of unbranched alkanes of at least 4 members (excludes halogenated alkanes) is 2. The third-order valence-corrected chi connectivity index (χ3v) is 5.91. The van der Waals surface area contributed by atoms with Crippen LogP contribution in [0.5, 0.6) is 0 Å². The summed E-state index contributed by atoms with van der Waals surface area (Å²) in [5, 5.41) is 8.66. The van der Waals surface area contributed by atoms with Gasteiger partial charge in [-0.05, 0) is 36.1 Å². The summed E-state index contributed by atoms with van der Waals surface area (Å²) < 4.78 is 6.61. The van der Waals surface area contributed by atoms with Gasteiger partial charge in [0, 0.05) is 25.2 Å². The summed E-state index contributed by atoms with van der Waals surface area (Å²) in [5.74, 6) is -0.0945. The standard InChI is InChI=1S/C25H30N4O2/c1-3-4-5-6-19-7-11-21(12-8-19)24-18-29(27-26-24)23-13-9-20(10-14-23)15-28-16-22(17-28)25(30)31-2/h7-14,18,22H,3-6,15-17H2,1-2H3. The van der Waals surface area contributed by atoms with E-state index in [4.69, 9.17) is 4.74 Å². The molecule has 0 atom stereocenters. The Morgan fingerprint density at radius 1 is 1.03 bits per heavy atom. The highest BCUT2D eigenvalue weighted by Gasteiger charge is 2.33. The molecule has 0 unspecified atom stereocenters. The van der Waals surface area contributed by atoms with Gasteiger partial charge in [-0.3, -0.25) is 9.69 Å². The lowest BCUT2D eigenvalue weighted by molar-refractivity contribution is -0.151. The maximum atomic E-state index is 11.5. The van der Waals surface area contributed by atoms with Crippen LogP contribution < -0.4 is 0 Å². The number of aryl methyl sites for hydroxylation is 1. The lowest BCUT2D eigenvalue weighted by Gasteiger charge is -2.37. The minimum Gasteiger partial charge on any atom is -0.469 e. The second-order valence-electron chi connectivity index (χ2n) is 8.28. The summed E-state index contributed by atoms with van der Waals surface area (Å²) in [6.45, 7) is 4.59. The van der Waals surface area contributed by atoms with Gasteiger partial charge in [0.1, 0.15) is 5.69 Å². The Balaban J connectivity index is 1.34. The second kappa shape index (κ2) is 9.88. The number of methoxy groups -OCH3 is 1. The van der Waals surface area contributed by atoms with Crippen molar-refractivity contribution >= 4 is 5.97 Å². The predicted molar refractivity (Wildman–Crippen MR) is 121 cm³/mol. The lowest BCUT2D eigenvalue weighted by Crippen LogP contribution is -2.49. The fourth-order valence-corrected chi connectivity index (χ4v) is 3.97. The van der Waals surface area contributed by atoms with Crippen molar-refractivity contribution in [2.45, 2.75) is 39.2 Å². The molecule has 0 spiro atoms. The van der Waals surface area contributed by atoms with Crippen LogP contribution in [-0.4, -0.2) is 46.1 Å². The maximum absolute atomic E-state index is 11.5. The molecule has 6 heteroatoms. The molecule has 0 N–H and O–H groups in total. The van der Waals surface area contributed by atoms with Crippen molar-refractivity contribution in [3.05, 3.63) is 65.9 Å². The van der Waals surface area contributed by atoms with Gasteiger partial charge >= 0.3 is 5.97 Å². The van der Waals surface area contributed by atoms with Gasteiger partial charge in [-0.2, -0.15) is 0 Å². The number of hydrogen-bond acceptors (Lipinski definition) is 5. The molecule has 1 aliphatic rings. The van der Waals surface area contributed by atoms with Crippen molar-refractivity contribution in [2.75, 3.05) is 20.2 Å². The number of nitrogens with zero attached hydrogens (tertiary/aromatic N) is 4. The molecule has 1 aliphatic heterocycles. The SMILES string of the molecule is CCCCCc1ccc(-c2cn(-c3ccc(CN4CC(C(=O)OC)C4)cc3)nn2)cc1. The van der Waals surface area contributed by atoms with Crippen LogP contribution in [0.3, 0.4) is 0 Å². The highest BCUT2D eigenvalue weighted by Crippen LogP contribution is 2.22. The van der Waals surface area contributed by atoms with Crippen LogP contribution in [0.2, 0.25) is 0 Å². The van der Waals surface area contributed by atoms with Crippen LogP contribution in [0.15, 0.2) is 54.7 Å². The van der Waals surface area contributed by atoms with Gasteiger partial charge in [0.2, 0.25) is 0 Å². The highest BCUT2D eigenvalue weighted by atomic mass is 16.5. The molecular formula is C25H30N4O2. The molecule has 0 aliphatic carbocycles. The minimum absolute atomic E-state index is 0.0169. The molecule has 2 aromatic carbocycles. The van der Waals surface area contributed by atoms with E-state index in [1.807, 2.05) is 10.9 Å². The first-order chi connectivity index (χ1) is 15.2. The monoisotopic (exact) mass is 418 g/mol. The van der Waals surface area contributed by atoms with E-state index < -0.39 is 0 Å². The molecule has 4 rings (SSSR count). The number of aromatic nitrogens is 3. The van der Waals surface area contributed by atoms with Gasteiger partial charge in [0.05, 0.1) is 24.9 Å². The maximum Gasteiger partial charge on any atom is 0.311 e. The number of hydrogen-bond donors (Lipinski definition) is 0. The number of rotatable bonds is 9. The molecule has 1 saturated heterocycles. The molecule has 1 fully saturated rings. The Bertz CT molecular complexity index is 989. The van der Waals surface area contributed by atoms with E-state index in [0.717, 1.165) is 43.0 Å². The summed E-state index contributed by atoms with van der Waals surface area (Å²) in [4.78, 5) is 13.7. The molecule has 6 nitrogen and oxygen atoms in total. The average Bonchev–Trinajstić information content (AvgIpc) is 3.27. The molecule has 162 valence electrons. The molecule has 2 heterocycles. The zero-order valence-corrected chi connectivity index (χ0v) is 18.3. The van der Waals surface area contributed by atoms with E-state index in [1.54, 1.807) is 0 Å². The third kappa shape index (κ3) is 5.20. The second-order valence-corrected chi connectivity index (χ2v) is 8.28. The van der Waals surface area contributed by atoms with Gasteiger partial charge in [-0.1, -0.05) is 61.4 Å². The summed E-state index contributed by atoms with van der Waals surface area (Å²) in [6, 6.07) is 17.0. The number of esters is 1. The molecule has 1 aromatic heterocycles. The first-order valence-corrected chi connectivity index (χ1v) is 11.1. The lowest BCUT2D eigenvalue weighted by atomic mass is 9.99. The quantitative estimate of drug-likeness (QED) is 0.384. The van der Waals surface area contributed by atoms with E-state index >= 15 is 0 Å². The minimum atomic E-state index is -0.111. The van der Waals surface area contributed by atoms with E-state index in [1.165, 1.54) is 37.5 Å². The van der Waals surface area contributed by atoms with E-state index in [9.17, 15) is 4.79 Å². The van der Waals surface area contributed by atoms with Crippen molar-refractivity contribution in [1.82, 2.24) is 19.9 Å². The average molecular weight is 419 g/mol. The van der Waals surface area contributed by atoms with Crippen LogP contribution in [0.1, 0.15) is 37.3 Å². The Hall–Kier alpha value is -2.99. The number of carbonyl (C=O) groups excluding carboxylic acids is 1. The van der Waals surface area contributed by atoms with Gasteiger partial charge in [-0.25, -0.2) is 4.68 Å². The molecule has 0 amide bonds. The highest BCUT2D eigenvalue weighted by molar-refractivity contribution is 5.73. The van der Waals surface area contributed by atoms with Gasteiger partial charge in [-0.15, -0.1) is 5.10 Å². The molecule has 31 heavy (non-hydrogen) atoms. The zero-order chi connectivity index (χ0) is 21.6. The van der Waals surface area contributed by atoms with Crippen molar-refractivity contribution in [1.29, 1.82) is 0 Å². The summed E-state index contributed by atoms with van der Waals surface area (Å²) in [5.41, 5.74) is 5.53. The van der Waals surface area contributed by atoms with Gasteiger partial charge in [0.15, 0.2) is 0 Å². The van der Waals surface area contributed by atoms with Crippen molar-refractivity contribution in [3.8, 4) is 16.9 Å². The van der Waals surface area contributed by atoms with E-state index in [-0.39, 0.29) is 11.9 Å². The van der Waals surface area contributed by atoms with Crippen molar-refractivity contribution in [3.63, 3.8) is 0 Å². The summed E-state index contributed by atoms with van der Waals surface area (Å²) >= 11 is 0. The third-order valence-electron chi connectivity index (χ3n) is 5.91. The largest absolute Gasteiger partial charge is 0.469 e. The number of likely N-dealkylation sites (tertiary alicyclic amines) is 1. The normalized spacial score (nSPS) is 14.4. The number of carbonyl (C=O) groups is 1. The molecular weight excluding hydrogens is 388 g/mol. The Morgan fingerprint density at radius 3 is 2.42 bits per heavy atom. The Morgan fingerprint density at radius 2 is 1.74 bits per heavy atom. The van der Waals surface area contributed by atoms with E-state index in [0.29, 0.717) is 0 Å². The Labute approximate surface area is 183 Å². The van der Waals surface area contributed by atoms with Crippen LogP contribution >= 0.6 is 0 Å². The smallest absolute Gasteiger partial charge is 0.311 e. The molecule has 0 saturated carbocycles. The fourth-order valence-electron chi connectivity index (χ4n) is 3.97. The molecule has 0 radical (unpaired) electrons.